The van der Waals surface area contributed by atoms with Crippen molar-refractivity contribution in [1.82, 2.24) is 4.90 Å². The third-order valence-corrected chi connectivity index (χ3v) is 3.49. The number of hydrogen-bond acceptors (Lipinski definition) is 2. The number of nitrogens with zero attached hydrogens (tertiary/aromatic N) is 1. The van der Waals surface area contributed by atoms with Crippen molar-refractivity contribution in [1.29, 1.82) is 0 Å². The molecule has 1 aromatic carbocycles. The molecule has 1 saturated heterocycles. The molecule has 3 heteroatoms. The molecule has 0 aliphatic carbocycles. The quantitative estimate of drug-likeness (QED) is 0.853. The monoisotopic (exact) mass is 233 g/mol. The summed E-state index contributed by atoms with van der Waals surface area (Å²) in [6.45, 7) is 4.84. The molecule has 0 aromatic heterocycles. The van der Waals surface area contributed by atoms with Gasteiger partial charge in [-0.15, -0.1) is 0 Å². The van der Waals surface area contributed by atoms with Crippen molar-refractivity contribution in [3.8, 4) is 5.75 Å². The summed E-state index contributed by atoms with van der Waals surface area (Å²) in [5.41, 5.74) is 1.43. The molecule has 1 aromatic rings. The number of aromatic hydroxyl groups is 1. The average Bonchev–Trinajstić information content (AvgIpc) is 2.79. The zero-order valence-electron chi connectivity index (χ0n) is 10.4. The van der Waals surface area contributed by atoms with Crippen molar-refractivity contribution in [2.75, 3.05) is 6.54 Å². The second kappa shape index (κ2) is 4.78. The van der Waals surface area contributed by atoms with Crippen molar-refractivity contribution in [3.63, 3.8) is 0 Å². The number of hydrogen-bond donors (Lipinski definition) is 1. The van der Waals surface area contributed by atoms with Gasteiger partial charge in [-0.25, -0.2) is 0 Å². The Bertz CT molecular complexity index is 428. The van der Waals surface area contributed by atoms with Crippen molar-refractivity contribution in [3.05, 3.63) is 29.3 Å². The van der Waals surface area contributed by atoms with E-state index in [9.17, 15) is 9.90 Å². The van der Waals surface area contributed by atoms with Gasteiger partial charge in [0.15, 0.2) is 0 Å². The highest BCUT2D eigenvalue weighted by Crippen LogP contribution is 2.26. The molecular weight excluding hydrogens is 214 g/mol. The molecule has 0 radical (unpaired) electrons. The van der Waals surface area contributed by atoms with Crippen LogP contribution >= 0.6 is 0 Å². The molecule has 0 saturated carbocycles. The van der Waals surface area contributed by atoms with Crippen molar-refractivity contribution in [2.24, 2.45) is 0 Å². The number of benzene rings is 1. The average molecular weight is 233 g/mol. The van der Waals surface area contributed by atoms with E-state index in [2.05, 4.69) is 6.92 Å². The molecule has 92 valence electrons. The van der Waals surface area contributed by atoms with Gasteiger partial charge in [-0.1, -0.05) is 18.6 Å². The fourth-order valence-corrected chi connectivity index (χ4v) is 2.50. The summed E-state index contributed by atoms with van der Waals surface area (Å²) in [5.74, 6) is 0.0536. The third-order valence-electron chi connectivity index (χ3n) is 3.49. The van der Waals surface area contributed by atoms with Crippen LogP contribution in [0.4, 0.5) is 0 Å². The molecule has 17 heavy (non-hydrogen) atoms. The fraction of sp³-hybridized carbons (Fsp3) is 0.500. The van der Waals surface area contributed by atoms with Crippen molar-refractivity contribution >= 4 is 5.91 Å². The first-order valence-electron chi connectivity index (χ1n) is 6.24. The molecule has 0 spiro atoms. The van der Waals surface area contributed by atoms with Crippen LogP contribution in [0.25, 0.3) is 0 Å². The summed E-state index contributed by atoms with van der Waals surface area (Å²) < 4.78 is 0. The van der Waals surface area contributed by atoms with E-state index in [-0.39, 0.29) is 11.7 Å². The molecule has 1 unspecified atom stereocenters. The van der Waals surface area contributed by atoms with E-state index in [1.54, 1.807) is 12.1 Å². The maximum atomic E-state index is 12.4. The summed E-state index contributed by atoms with van der Waals surface area (Å²) in [6, 6.07) is 5.51. The van der Waals surface area contributed by atoms with Crippen molar-refractivity contribution in [2.45, 2.75) is 39.2 Å². The van der Waals surface area contributed by atoms with Crippen LogP contribution in [0, 0.1) is 6.92 Å². The number of rotatable bonds is 2. The summed E-state index contributed by atoms with van der Waals surface area (Å²) in [7, 11) is 0. The van der Waals surface area contributed by atoms with E-state index < -0.39 is 0 Å². The van der Waals surface area contributed by atoms with Gasteiger partial charge >= 0.3 is 0 Å². The van der Waals surface area contributed by atoms with Crippen LogP contribution in [0.1, 0.15) is 42.1 Å². The molecule has 0 bridgehead atoms. The summed E-state index contributed by atoms with van der Waals surface area (Å²) in [4.78, 5) is 14.3. The van der Waals surface area contributed by atoms with E-state index in [1.807, 2.05) is 17.9 Å². The lowest BCUT2D eigenvalue weighted by Crippen LogP contribution is -2.35. The molecule has 1 N–H and O–H groups in total. The molecule has 1 fully saturated rings. The number of amides is 1. The second-order valence-corrected chi connectivity index (χ2v) is 4.72. The molecule has 1 aliphatic heterocycles. The summed E-state index contributed by atoms with van der Waals surface area (Å²) >= 11 is 0. The molecule has 1 heterocycles. The van der Waals surface area contributed by atoms with Gasteiger partial charge in [-0.3, -0.25) is 4.79 Å². The molecular formula is C14H19NO2. The topological polar surface area (TPSA) is 40.5 Å². The number of phenols is 1. The minimum atomic E-state index is -0.0319. The highest BCUT2D eigenvalue weighted by molar-refractivity contribution is 5.97. The molecule has 2 rings (SSSR count). The Kier molecular flexibility index (Phi) is 3.36. The minimum Gasteiger partial charge on any atom is -0.507 e. The summed E-state index contributed by atoms with van der Waals surface area (Å²) in [6.07, 6.45) is 3.13. The Hall–Kier alpha value is -1.51. The van der Waals surface area contributed by atoms with Crippen LogP contribution in [0.3, 0.4) is 0 Å². The summed E-state index contributed by atoms with van der Waals surface area (Å²) in [5, 5.41) is 9.78. The van der Waals surface area contributed by atoms with Crippen LogP contribution in [0.2, 0.25) is 0 Å². The third kappa shape index (κ3) is 2.28. The Morgan fingerprint density at radius 1 is 1.53 bits per heavy atom. The zero-order valence-corrected chi connectivity index (χ0v) is 10.4. The van der Waals surface area contributed by atoms with Crippen molar-refractivity contribution < 1.29 is 9.90 Å². The first kappa shape index (κ1) is 12.0. The molecule has 1 amide bonds. The van der Waals surface area contributed by atoms with Gasteiger partial charge in [0, 0.05) is 12.6 Å². The van der Waals surface area contributed by atoms with Gasteiger partial charge in [-0.2, -0.15) is 0 Å². The molecule has 3 nitrogen and oxygen atoms in total. The molecule has 1 atom stereocenters. The van der Waals surface area contributed by atoms with Crippen LogP contribution in [-0.2, 0) is 0 Å². The minimum absolute atomic E-state index is 0.0319. The second-order valence-electron chi connectivity index (χ2n) is 4.72. The van der Waals surface area contributed by atoms with Gasteiger partial charge in [-0.05, 0) is 38.3 Å². The lowest BCUT2D eigenvalue weighted by Gasteiger charge is -2.24. The lowest BCUT2D eigenvalue weighted by atomic mass is 10.1. The predicted octanol–water partition coefficient (Wildman–Crippen LogP) is 2.72. The van der Waals surface area contributed by atoms with Crippen LogP contribution in [0.5, 0.6) is 5.75 Å². The first-order valence-corrected chi connectivity index (χ1v) is 6.24. The first-order chi connectivity index (χ1) is 8.13. The SMILES string of the molecule is CCC1CCCN1C(=O)c1cc(C)ccc1O. The van der Waals surface area contributed by atoms with E-state index in [0.717, 1.165) is 31.4 Å². The number of likely N-dealkylation sites (tertiary alicyclic amines) is 1. The van der Waals surface area contributed by atoms with E-state index in [1.165, 1.54) is 0 Å². The van der Waals surface area contributed by atoms with E-state index in [0.29, 0.717) is 11.6 Å². The largest absolute Gasteiger partial charge is 0.507 e. The number of carbonyl (C=O) groups excluding carboxylic acids is 1. The fourth-order valence-electron chi connectivity index (χ4n) is 2.50. The normalized spacial score (nSPS) is 19.6. The van der Waals surface area contributed by atoms with E-state index >= 15 is 0 Å². The predicted molar refractivity (Wildman–Crippen MR) is 67.2 cm³/mol. The van der Waals surface area contributed by atoms with Gasteiger partial charge < -0.3 is 10.0 Å². The van der Waals surface area contributed by atoms with Gasteiger partial charge in [0.1, 0.15) is 5.75 Å². The van der Waals surface area contributed by atoms with Crippen LogP contribution in [-0.4, -0.2) is 28.5 Å². The Labute approximate surface area is 102 Å². The zero-order chi connectivity index (χ0) is 12.4. The number of carbonyl (C=O) groups is 1. The highest BCUT2D eigenvalue weighted by atomic mass is 16.3. The lowest BCUT2D eigenvalue weighted by molar-refractivity contribution is 0.0730. The number of aryl methyl sites for hydroxylation is 1. The van der Waals surface area contributed by atoms with Gasteiger partial charge in [0.25, 0.3) is 5.91 Å². The maximum absolute atomic E-state index is 12.4. The van der Waals surface area contributed by atoms with Crippen LogP contribution in [0.15, 0.2) is 18.2 Å². The highest BCUT2D eigenvalue weighted by Gasteiger charge is 2.29. The van der Waals surface area contributed by atoms with Gasteiger partial charge in [0.2, 0.25) is 0 Å². The standard InChI is InChI=1S/C14H19NO2/c1-3-11-5-4-8-15(11)14(17)12-9-10(2)6-7-13(12)16/h6-7,9,11,16H,3-5,8H2,1-2H3. The Morgan fingerprint density at radius 2 is 2.29 bits per heavy atom. The number of phenolic OH excluding ortho intramolecular Hbond substituents is 1. The maximum Gasteiger partial charge on any atom is 0.257 e. The van der Waals surface area contributed by atoms with Crippen LogP contribution < -0.4 is 0 Å². The Morgan fingerprint density at radius 3 is 3.00 bits per heavy atom. The smallest absolute Gasteiger partial charge is 0.257 e. The Balaban J connectivity index is 2.27. The van der Waals surface area contributed by atoms with E-state index in [4.69, 9.17) is 0 Å². The molecule has 1 aliphatic rings. The van der Waals surface area contributed by atoms with Gasteiger partial charge in [0.05, 0.1) is 5.56 Å².